The van der Waals surface area contributed by atoms with E-state index in [0.29, 0.717) is 12.8 Å². The molecule has 2 rings (SSSR count). The minimum absolute atomic E-state index is 0.0141. The standard InChI is InChI=1S/C11H15NO4S/c1-11(5-2-6-11)8-12-17(14,15)10-4-3-9(7-13)16-10/h3-4,7,12H,2,5-6,8H2,1H3. The van der Waals surface area contributed by atoms with Gasteiger partial charge in [-0.1, -0.05) is 13.3 Å². The van der Waals surface area contributed by atoms with E-state index < -0.39 is 10.0 Å². The van der Waals surface area contributed by atoms with Gasteiger partial charge in [-0.05, 0) is 30.4 Å². The first kappa shape index (κ1) is 12.3. The van der Waals surface area contributed by atoms with Crippen molar-refractivity contribution in [1.82, 2.24) is 4.72 Å². The summed E-state index contributed by atoms with van der Waals surface area (Å²) in [6.07, 6.45) is 3.70. The zero-order chi connectivity index (χ0) is 12.5. The Labute approximate surface area is 100 Å². The van der Waals surface area contributed by atoms with E-state index in [2.05, 4.69) is 11.6 Å². The molecule has 1 aliphatic carbocycles. The van der Waals surface area contributed by atoms with Crippen LogP contribution in [-0.2, 0) is 10.0 Å². The number of hydrogen-bond acceptors (Lipinski definition) is 4. The van der Waals surface area contributed by atoms with Crippen LogP contribution in [0.15, 0.2) is 21.6 Å². The van der Waals surface area contributed by atoms with Crippen LogP contribution in [0.25, 0.3) is 0 Å². The molecule has 0 aromatic carbocycles. The SMILES string of the molecule is CC1(CNS(=O)(=O)c2ccc(C=O)o2)CCC1. The van der Waals surface area contributed by atoms with Crippen molar-refractivity contribution in [3.63, 3.8) is 0 Å². The highest BCUT2D eigenvalue weighted by Gasteiger charge is 2.33. The quantitative estimate of drug-likeness (QED) is 0.812. The van der Waals surface area contributed by atoms with Gasteiger partial charge in [0.05, 0.1) is 0 Å². The smallest absolute Gasteiger partial charge is 0.273 e. The van der Waals surface area contributed by atoms with Crippen molar-refractivity contribution >= 4 is 16.3 Å². The summed E-state index contributed by atoms with van der Waals surface area (Å²) >= 11 is 0. The second kappa shape index (κ2) is 4.27. The predicted molar refractivity (Wildman–Crippen MR) is 61.2 cm³/mol. The van der Waals surface area contributed by atoms with E-state index >= 15 is 0 Å². The summed E-state index contributed by atoms with van der Waals surface area (Å²) in [6.45, 7) is 2.46. The molecule has 17 heavy (non-hydrogen) atoms. The lowest BCUT2D eigenvalue weighted by molar-refractivity contribution is 0.109. The Kier molecular flexibility index (Phi) is 3.09. The third-order valence-corrected chi connectivity index (χ3v) is 4.51. The van der Waals surface area contributed by atoms with Crippen LogP contribution in [0, 0.1) is 5.41 Å². The first-order valence-corrected chi connectivity index (χ1v) is 6.98. The van der Waals surface area contributed by atoms with Gasteiger partial charge >= 0.3 is 0 Å². The molecule has 1 fully saturated rings. The fourth-order valence-electron chi connectivity index (χ4n) is 1.84. The molecule has 0 aliphatic heterocycles. The molecule has 94 valence electrons. The lowest BCUT2D eigenvalue weighted by atomic mass is 9.71. The normalized spacial score (nSPS) is 18.6. The van der Waals surface area contributed by atoms with Gasteiger partial charge in [0.2, 0.25) is 5.09 Å². The van der Waals surface area contributed by atoms with Gasteiger partial charge in [-0.3, -0.25) is 4.79 Å². The number of sulfonamides is 1. The Bertz CT molecular complexity index is 513. The highest BCUT2D eigenvalue weighted by Crippen LogP contribution is 2.39. The zero-order valence-corrected chi connectivity index (χ0v) is 10.4. The number of aldehydes is 1. The number of hydrogen-bond donors (Lipinski definition) is 1. The third-order valence-electron chi connectivity index (χ3n) is 3.23. The average Bonchev–Trinajstić information content (AvgIpc) is 2.73. The summed E-state index contributed by atoms with van der Waals surface area (Å²) in [6, 6.07) is 2.63. The molecule has 1 aromatic rings. The van der Waals surface area contributed by atoms with Crippen LogP contribution in [0.4, 0.5) is 0 Å². The molecular weight excluding hydrogens is 242 g/mol. The molecule has 0 spiro atoms. The summed E-state index contributed by atoms with van der Waals surface area (Å²) in [5.74, 6) is 0.0141. The molecule has 0 atom stereocenters. The van der Waals surface area contributed by atoms with Gasteiger partial charge in [-0.25, -0.2) is 13.1 Å². The molecule has 1 N–H and O–H groups in total. The molecule has 0 unspecified atom stereocenters. The van der Waals surface area contributed by atoms with Gasteiger partial charge in [0.25, 0.3) is 10.0 Å². The molecule has 0 saturated heterocycles. The summed E-state index contributed by atoms with van der Waals surface area (Å²) < 4.78 is 31.1. The van der Waals surface area contributed by atoms with E-state index in [0.717, 1.165) is 19.3 Å². The Morgan fingerprint density at radius 1 is 1.47 bits per heavy atom. The Hall–Kier alpha value is -1.14. The van der Waals surface area contributed by atoms with Crippen molar-refractivity contribution in [2.75, 3.05) is 6.54 Å². The van der Waals surface area contributed by atoms with Gasteiger partial charge in [0.1, 0.15) is 0 Å². The second-order valence-electron chi connectivity index (χ2n) is 4.76. The topological polar surface area (TPSA) is 76.4 Å². The number of furan rings is 1. The first-order valence-electron chi connectivity index (χ1n) is 5.50. The fourth-order valence-corrected chi connectivity index (χ4v) is 2.97. The van der Waals surface area contributed by atoms with Crippen molar-refractivity contribution in [1.29, 1.82) is 0 Å². The number of carbonyl (C=O) groups is 1. The zero-order valence-electron chi connectivity index (χ0n) is 9.60. The molecule has 1 saturated carbocycles. The molecule has 1 aromatic heterocycles. The molecule has 0 amide bonds. The average molecular weight is 257 g/mol. The van der Waals surface area contributed by atoms with Crippen molar-refractivity contribution in [2.45, 2.75) is 31.3 Å². The molecule has 1 aliphatic rings. The summed E-state index contributed by atoms with van der Waals surface area (Å²) in [7, 11) is -3.63. The van der Waals surface area contributed by atoms with E-state index in [1.165, 1.54) is 12.1 Å². The molecule has 1 heterocycles. The van der Waals surface area contributed by atoms with E-state index in [-0.39, 0.29) is 16.3 Å². The summed E-state index contributed by atoms with van der Waals surface area (Å²) in [5, 5.41) is -0.206. The van der Waals surface area contributed by atoms with Gasteiger partial charge < -0.3 is 4.42 Å². The Morgan fingerprint density at radius 2 is 2.18 bits per heavy atom. The fraction of sp³-hybridized carbons (Fsp3) is 0.545. The summed E-state index contributed by atoms with van der Waals surface area (Å²) in [4.78, 5) is 10.4. The van der Waals surface area contributed by atoms with Crippen LogP contribution >= 0.6 is 0 Å². The largest absolute Gasteiger partial charge is 0.440 e. The summed E-state index contributed by atoms with van der Waals surface area (Å²) in [5.41, 5.74) is 0.0627. The Balaban J connectivity index is 2.05. The van der Waals surface area contributed by atoms with Crippen LogP contribution < -0.4 is 4.72 Å². The van der Waals surface area contributed by atoms with Gasteiger partial charge in [-0.2, -0.15) is 0 Å². The van der Waals surface area contributed by atoms with Crippen LogP contribution in [-0.4, -0.2) is 21.2 Å². The second-order valence-corrected chi connectivity index (χ2v) is 6.46. The van der Waals surface area contributed by atoms with Crippen LogP contribution in [0.3, 0.4) is 0 Å². The van der Waals surface area contributed by atoms with Gasteiger partial charge in [0, 0.05) is 6.54 Å². The first-order chi connectivity index (χ1) is 7.95. The van der Waals surface area contributed by atoms with Crippen LogP contribution in [0.5, 0.6) is 0 Å². The van der Waals surface area contributed by atoms with E-state index in [1.807, 2.05) is 0 Å². The molecule has 5 nitrogen and oxygen atoms in total. The molecule has 0 radical (unpaired) electrons. The monoisotopic (exact) mass is 257 g/mol. The highest BCUT2D eigenvalue weighted by atomic mass is 32.2. The van der Waals surface area contributed by atoms with Crippen molar-refractivity contribution in [3.8, 4) is 0 Å². The molecule has 0 bridgehead atoms. The lowest BCUT2D eigenvalue weighted by Crippen LogP contribution is -2.39. The number of rotatable bonds is 5. The maximum atomic E-state index is 11.8. The minimum Gasteiger partial charge on any atom is -0.440 e. The van der Waals surface area contributed by atoms with Crippen molar-refractivity contribution < 1.29 is 17.6 Å². The minimum atomic E-state index is -3.63. The molecule has 6 heteroatoms. The van der Waals surface area contributed by atoms with Crippen LogP contribution in [0.2, 0.25) is 0 Å². The van der Waals surface area contributed by atoms with E-state index in [1.54, 1.807) is 0 Å². The van der Waals surface area contributed by atoms with E-state index in [9.17, 15) is 13.2 Å². The van der Waals surface area contributed by atoms with Crippen LogP contribution in [0.1, 0.15) is 36.7 Å². The lowest BCUT2D eigenvalue weighted by Gasteiger charge is -2.38. The highest BCUT2D eigenvalue weighted by molar-refractivity contribution is 7.89. The predicted octanol–water partition coefficient (Wildman–Crippen LogP) is 1.56. The van der Waals surface area contributed by atoms with Crippen molar-refractivity contribution in [3.05, 3.63) is 17.9 Å². The maximum Gasteiger partial charge on any atom is 0.273 e. The van der Waals surface area contributed by atoms with Crippen molar-refractivity contribution in [2.24, 2.45) is 5.41 Å². The molecular formula is C11H15NO4S. The van der Waals surface area contributed by atoms with Gasteiger partial charge in [0.15, 0.2) is 12.0 Å². The number of carbonyl (C=O) groups excluding carboxylic acids is 1. The maximum absolute atomic E-state index is 11.8. The van der Waals surface area contributed by atoms with Gasteiger partial charge in [-0.15, -0.1) is 0 Å². The Morgan fingerprint density at radius 3 is 2.65 bits per heavy atom. The van der Waals surface area contributed by atoms with E-state index in [4.69, 9.17) is 4.42 Å². The third kappa shape index (κ3) is 2.58. The number of nitrogens with one attached hydrogen (secondary N) is 1.